The predicted octanol–water partition coefficient (Wildman–Crippen LogP) is 5.40. The Kier molecular flexibility index (Phi) is 6.79. The molecule has 1 saturated heterocycles. The van der Waals surface area contributed by atoms with Gasteiger partial charge in [0.1, 0.15) is 18.2 Å². The third-order valence-electron chi connectivity index (χ3n) is 6.46. The van der Waals surface area contributed by atoms with Gasteiger partial charge >= 0.3 is 6.09 Å². The number of aromatic nitrogens is 2. The van der Waals surface area contributed by atoms with E-state index in [2.05, 4.69) is 4.90 Å². The molecular weight excluding hydrogens is 447 g/mol. The van der Waals surface area contributed by atoms with Crippen LogP contribution in [-0.2, 0) is 24.3 Å². The molecule has 0 bridgehead atoms. The van der Waals surface area contributed by atoms with Gasteiger partial charge in [-0.3, -0.25) is 0 Å². The van der Waals surface area contributed by atoms with Crippen molar-refractivity contribution in [1.82, 2.24) is 14.9 Å². The Balaban J connectivity index is 1.40. The molecule has 5 rings (SSSR count). The van der Waals surface area contributed by atoms with Gasteiger partial charge in [0.25, 0.3) is 0 Å². The number of carbonyl (C=O) groups is 1. The van der Waals surface area contributed by atoms with Crippen LogP contribution in [-0.4, -0.2) is 40.6 Å². The van der Waals surface area contributed by atoms with E-state index in [0.29, 0.717) is 42.7 Å². The summed E-state index contributed by atoms with van der Waals surface area (Å²) in [6.07, 6.45) is 3.62. The smallest absolute Gasteiger partial charge is 0.410 e. The molecule has 0 N–H and O–H groups in total. The van der Waals surface area contributed by atoms with E-state index in [4.69, 9.17) is 19.4 Å². The normalized spacial score (nSPS) is 15.5. The van der Waals surface area contributed by atoms with Gasteiger partial charge < -0.3 is 19.3 Å². The van der Waals surface area contributed by atoms with E-state index in [1.165, 1.54) is 12.5 Å². The molecule has 35 heavy (non-hydrogen) atoms. The fourth-order valence-electron chi connectivity index (χ4n) is 4.45. The van der Waals surface area contributed by atoms with Crippen molar-refractivity contribution < 1.29 is 18.7 Å². The van der Waals surface area contributed by atoms with E-state index in [0.717, 1.165) is 42.8 Å². The van der Waals surface area contributed by atoms with Crippen molar-refractivity contribution in [1.29, 1.82) is 0 Å². The second-order valence-electron chi connectivity index (χ2n) is 9.03. The predicted molar refractivity (Wildman–Crippen MR) is 130 cm³/mol. The number of anilines is 1. The van der Waals surface area contributed by atoms with Crippen LogP contribution in [0.2, 0.25) is 0 Å². The summed E-state index contributed by atoms with van der Waals surface area (Å²) in [5.41, 5.74) is 3.06. The molecule has 0 saturated carbocycles. The van der Waals surface area contributed by atoms with Crippen molar-refractivity contribution in [3.05, 3.63) is 76.7 Å². The molecular formula is C27H29FN4O3. The highest BCUT2D eigenvalue weighted by molar-refractivity contribution is 5.68. The number of halogens is 1. The zero-order valence-corrected chi connectivity index (χ0v) is 19.9. The molecule has 0 radical (unpaired) electrons. The lowest BCUT2D eigenvalue weighted by Gasteiger charge is -2.31. The van der Waals surface area contributed by atoms with Crippen LogP contribution in [0.3, 0.4) is 0 Å². The topological polar surface area (TPSA) is 67.8 Å². The number of fused-ring (bicyclic) bond motifs is 1. The van der Waals surface area contributed by atoms with Gasteiger partial charge in [-0.05, 0) is 55.5 Å². The van der Waals surface area contributed by atoms with Crippen LogP contribution in [0.5, 0.6) is 11.6 Å². The molecule has 3 heterocycles. The molecule has 2 aromatic carbocycles. The first-order chi connectivity index (χ1) is 17.1. The third-order valence-corrected chi connectivity index (χ3v) is 6.46. The van der Waals surface area contributed by atoms with Crippen LogP contribution < -0.4 is 9.64 Å². The Hall–Kier alpha value is -3.68. The molecule has 0 unspecified atom stereocenters. The molecule has 1 amide bonds. The molecule has 3 aromatic rings. The SMILES string of the molecule is Cc1cc(Oc2nc(N3CCCCC3)nc3c2CN(C(=O)OCc2ccccc2)CC3)ccc1F. The van der Waals surface area contributed by atoms with Crippen molar-refractivity contribution >= 4 is 12.0 Å². The lowest BCUT2D eigenvalue weighted by Crippen LogP contribution is -2.38. The van der Waals surface area contributed by atoms with Gasteiger partial charge in [0.2, 0.25) is 11.8 Å². The molecule has 0 aliphatic carbocycles. The number of piperidine rings is 1. The van der Waals surface area contributed by atoms with Crippen molar-refractivity contribution in [2.75, 3.05) is 24.5 Å². The first kappa shape index (κ1) is 23.1. The number of ether oxygens (including phenoxy) is 2. The van der Waals surface area contributed by atoms with Crippen molar-refractivity contribution in [2.24, 2.45) is 0 Å². The summed E-state index contributed by atoms with van der Waals surface area (Å²) in [5.74, 6) is 1.26. The largest absolute Gasteiger partial charge is 0.445 e. The Morgan fingerprint density at radius 2 is 1.83 bits per heavy atom. The van der Waals surface area contributed by atoms with Crippen LogP contribution in [0.25, 0.3) is 0 Å². The summed E-state index contributed by atoms with van der Waals surface area (Å²) >= 11 is 0. The molecule has 1 fully saturated rings. The summed E-state index contributed by atoms with van der Waals surface area (Å²) in [7, 11) is 0. The summed E-state index contributed by atoms with van der Waals surface area (Å²) in [5, 5.41) is 0. The minimum atomic E-state index is -0.386. The fourth-order valence-corrected chi connectivity index (χ4v) is 4.45. The summed E-state index contributed by atoms with van der Waals surface area (Å²) in [6.45, 7) is 4.52. The van der Waals surface area contributed by atoms with Crippen molar-refractivity contribution in [3.8, 4) is 11.6 Å². The lowest BCUT2D eigenvalue weighted by molar-refractivity contribution is 0.0912. The second kappa shape index (κ2) is 10.3. The standard InChI is InChI=1S/C27H29FN4O3/c1-19-16-21(10-11-23(19)28)35-25-22-17-32(27(33)34-18-20-8-4-2-5-9-20)15-12-24(22)29-26(30-25)31-13-6-3-7-14-31/h2,4-5,8-11,16H,3,6-7,12-15,17-18H2,1H3. The molecule has 2 aliphatic heterocycles. The number of amides is 1. The highest BCUT2D eigenvalue weighted by Crippen LogP contribution is 2.33. The monoisotopic (exact) mass is 476 g/mol. The Morgan fingerprint density at radius 1 is 1.03 bits per heavy atom. The van der Waals surface area contributed by atoms with Crippen molar-refractivity contribution in [3.63, 3.8) is 0 Å². The lowest BCUT2D eigenvalue weighted by atomic mass is 10.1. The average Bonchev–Trinajstić information content (AvgIpc) is 2.90. The summed E-state index contributed by atoms with van der Waals surface area (Å²) in [4.78, 5) is 26.3. The van der Waals surface area contributed by atoms with E-state index in [1.807, 2.05) is 30.3 Å². The number of carbonyl (C=O) groups excluding carboxylic acids is 1. The number of nitrogens with zero attached hydrogens (tertiary/aromatic N) is 4. The van der Waals surface area contributed by atoms with Gasteiger partial charge in [0.15, 0.2) is 0 Å². The molecule has 8 heteroatoms. The Bertz CT molecular complexity index is 1200. The maximum Gasteiger partial charge on any atom is 0.410 e. The molecule has 1 aromatic heterocycles. The summed E-state index contributed by atoms with van der Waals surface area (Å²) in [6, 6.07) is 14.2. The molecule has 2 aliphatic rings. The average molecular weight is 477 g/mol. The Labute approximate surface area is 204 Å². The van der Waals surface area contributed by atoms with E-state index in [-0.39, 0.29) is 18.5 Å². The Morgan fingerprint density at radius 3 is 2.60 bits per heavy atom. The van der Waals surface area contributed by atoms with Gasteiger partial charge in [-0.25, -0.2) is 14.2 Å². The maximum absolute atomic E-state index is 13.8. The van der Waals surface area contributed by atoms with Crippen LogP contribution in [0.15, 0.2) is 48.5 Å². The minimum Gasteiger partial charge on any atom is -0.445 e. The zero-order chi connectivity index (χ0) is 24.2. The van der Waals surface area contributed by atoms with E-state index >= 15 is 0 Å². The maximum atomic E-state index is 13.8. The first-order valence-electron chi connectivity index (χ1n) is 12.1. The van der Waals surface area contributed by atoms with Gasteiger partial charge in [-0.1, -0.05) is 30.3 Å². The molecule has 7 nitrogen and oxygen atoms in total. The van der Waals surface area contributed by atoms with Crippen LogP contribution >= 0.6 is 0 Å². The number of hydrogen-bond acceptors (Lipinski definition) is 6. The van der Waals surface area contributed by atoms with Crippen LogP contribution in [0.4, 0.5) is 15.1 Å². The number of rotatable bonds is 5. The third kappa shape index (κ3) is 5.37. The zero-order valence-electron chi connectivity index (χ0n) is 19.9. The van der Waals surface area contributed by atoms with Gasteiger partial charge in [0, 0.05) is 26.1 Å². The number of benzene rings is 2. The molecule has 182 valence electrons. The van der Waals surface area contributed by atoms with E-state index in [1.54, 1.807) is 24.0 Å². The number of aryl methyl sites for hydroxylation is 1. The van der Waals surface area contributed by atoms with Gasteiger partial charge in [-0.15, -0.1) is 0 Å². The fraction of sp³-hybridized carbons (Fsp3) is 0.370. The van der Waals surface area contributed by atoms with E-state index < -0.39 is 0 Å². The van der Waals surface area contributed by atoms with Gasteiger partial charge in [0.05, 0.1) is 17.8 Å². The summed E-state index contributed by atoms with van der Waals surface area (Å²) < 4.78 is 25.5. The number of hydrogen-bond donors (Lipinski definition) is 0. The molecule has 0 atom stereocenters. The van der Waals surface area contributed by atoms with Crippen molar-refractivity contribution in [2.45, 2.75) is 45.8 Å². The highest BCUT2D eigenvalue weighted by Gasteiger charge is 2.29. The highest BCUT2D eigenvalue weighted by atomic mass is 19.1. The van der Waals surface area contributed by atoms with E-state index in [9.17, 15) is 9.18 Å². The minimum absolute atomic E-state index is 0.214. The van der Waals surface area contributed by atoms with Crippen LogP contribution in [0.1, 0.15) is 41.6 Å². The quantitative estimate of drug-likeness (QED) is 0.491. The van der Waals surface area contributed by atoms with Crippen LogP contribution in [0, 0.1) is 12.7 Å². The first-order valence-corrected chi connectivity index (χ1v) is 12.1. The second-order valence-corrected chi connectivity index (χ2v) is 9.03. The molecule has 0 spiro atoms. The van der Waals surface area contributed by atoms with Gasteiger partial charge in [-0.2, -0.15) is 4.98 Å².